The van der Waals surface area contributed by atoms with Gasteiger partial charge in [-0.1, -0.05) is 24.3 Å². The Morgan fingerprint density at radius 3 is 2.25 bits per heavy atom. The van der Waals surface area contributed by atoms with Crippen molar-refractivity contribution in [1.29, 1.82) is 0 Å². The molecule has 0 bridgehead atoms. The molecule has 1 aliphatic rings. The second-order valence-electron chi connectivity index (χ2n) is 7.48. The third kappa shape index (κ3) is 5.59. The van der Waals surface area contributed by atoms with Gasteiger partial charge in [0.1, 0.15) is 5.75 Å². The van der Waals surface area contributed by atoms with E-state index in [9.17, 15) is 4.79 Å². The zero-order valence-electron chi connectivity index (χ0n) is 17.0. The van der Waals surface area contributed by atoms with Crippen molar-refractivity contribution in [1.82, 2.24) is 4.90 Å². The van der Waals surface area contributed by atoms with E-state index in [-0.39, 0.29) is 5.91 Å². The van der Waals surface area contributed by atoms with Crippen LogP contribution < -0.4 is 4.74 Å². The van der Waals surface area contributed by atoms with Gasteiger partial charge in [0.2, 0.25) is 0 Å². The summed E-state index contributed by atoms with van der Waals surface area (Å²) >= 11 is 0. The first-order chi connectivity index (χ1) is 13.7. The minimum Gasteiger partial charge on any atom is -0.494 e. The van der Waals surface area contributed by atoms with Gasteiger partial charge in [0.25, 0.3) is 5.91 Å². The van der Waals surface area contributed by atoms with Crippen molar-refractivity contribution in [3.05, 3.63) is 65.2 Å². The number of benzene rings is 2. The van der Waals surface area contributed by atoms with Crippen LogP contribution in [0.2, 0.25) is 0 Å². The number of aryl methyl sites for hydroxylation is 1. The Morgan fingerprint density at radius 1 is 1.00 bits per heavy atom. The largest absolute Gasteiger partial charge is 0.494 e. The first-order valence-electron chi connectivity index (χ1n) is 10.3. The van der Waals surface area contributed by atoms with E-state index >= 15 is 0 Å². The average Bonchev–Trinajstić information content (AvgIpc) is 2.74. The quantitative estimate of drug-likeness (QED) is 0.664. The highest BCUT2D eigenvalue weighted by atomic mass is 16.5. The van der Waals surface area contributed by atoms with E-state index in [2.05, 4.69) is 24.3 Å². The standard InChI is InChI=1S/C24H31NO3/c1-3-28-23-12-8-19(9-13-23)4-5-20-14-16-25(17-15-20)24(26)22-10-6-21(7-11-22)18-27-2/h6-13,20H,3-5,14-18H2,1-2H3. The Bertz CT molecular complexity index is 731. The van der Waals surface area contributed by atoms with Gasteiger partial charge in [0.15, 0.2) is 0 Å². The van der Waals surface area contributed by atoms with E-state index in [0.717, 1.165) is 49.2 Å². The summed E-state index contributed by atoms with van der Waals surface area (Å²) in [5.41, 5.74) is 3.22. The molecule has 150 valence electrons. The molecular formula is C24H31NO3. The van der Waals surface area contributed by atoms with Crippen LogP contribution in [0.3, 0.4) is 0 Å². The summed E-state index contributed by atoms with van der Waals surface area (Å²) < 4.78 is 10.6. The molecule has 1 aliphatic heterocycles. The number of hydrogen-bond acceptors (Lipinski definition) is 3. The molecule has 0 unspecified atom stereocenters. The summed E-state index contributed by atoms with van der Waals surface area (Å²) in [6.07, 6.45) is 4.45. The molecule has 0 aliphatic carbocycles. The predicted molar refractivity (Wildman–Crippen MR) is 112 cm³/mol. The molecule has 0 radical (unpaired) electrons. The summed E-state index contributed by atoms with van der Waals surface area (Å²) in [4.78, 5) is 14.7. The van der Waals surface area contributed by atoms with Gasteiger partial charge in [-0.15, -0.1) is 0 Å². The van der Waals surface area contributed by atoms with Gasteiger partial charge in [-0.25, -0.2) is 0 Å². The van der Waals surface area contributed by atoms with E-state index in [0.29, 0.717) is 19.1 Å². The molecule has 4 heteroatoms. The summed E-state index contributed by atoms with van der Waals surface area (Å²) in [7, 11) is 1.68. The number of hydrogen-bond donors (Lipinski definition) is 0. The van der Waals surface area contributed by atoms with Crippen molar-refractivity contribution in [2.45, 2.75) is 39.2 Å². The predicted octanol–water partition coefficient (Wildman–Crippen LogP) is 4.72. The number of rotatable bonds is 8. The van der Waals surface area contributed by atoms with Gasteiger partial charge >= 0.3 is 0 Å². The maximum absolute atomic E-state index is 12.7. The number of likely N-dealkylation sites (tertiary alicyclic amines) is 1. The maximum atomic E-state index is 12.7. The summed E-state index contributed by atoms with van der Waals surface area (Å²) in [6, 6.07) is 16.2. The fraction of sp³-hybridized carbons (Fsp3) is 0.458. The second kappa shape index (κ2) is 10.3. The van der Waals surface area contributed by atoms with Crippen molar-refractivity contribution >= 4 is 5.91 Å². The van der Waals surface area contributed by atoms with Crippen LogP contribution in [0.4, 0.5) is 0 Å². The fourth-order valence-corrected chi connectivity index (χ4v) is 3.81. The van der Waals surface area contributed by atoms with Crippen molar-refractivity contribution in [3.8, 4) is 5.75 Å². The number of carbonyl (C=O) groups excluding carboxylic acids is 1. The maximum Gasteiger partial charge on any atom is 0.253 e. The van der Waals surface area contributed by atoms with Crippen LogP contribution >= 0.6 is 0 Å². The third-order valence-electron chi connectivity index (χ3n) is 5.49. The van der Waals surface area contributed by atoms with Gasteiger partial charge in [0.05, 0.1) is 13.2 Å². The van der Waals surface area contributed by atoms with E-state index in [1.165, 1.54) is 12.0 Å². The first-order valence-corrected chi connectivity index (χ1v) is 10.3. The van der Waals surface area contributed by atoms with E-state index in [1.807, 2.05) is 36.1 Å². The van der Waals surface area contributed by atoms with Gasteiger partial charge in [-0.2, -0.15) is 0 Å². The van der Waals surface area contributed by atoms with Crippen LogP contribution in [0, 0.1) is 5.92 Å². The zero-order valence-corrected chi connectivity index (χ0v) is 17.0. The smallest absolute Gasteiger partial charge is 0.253 e. The lowest BCUT2D eigenvalue weighted by Crippen LogP contribution is -2.38. The Labute approximate surface area is 168 Å². The van der Waals surface area contributed by atoms with E-state index < -0.39 is 0 Å². The SMILES string of the molecule is CCOc1ccc(CCC2CCN(C(=O)c3ccc(COC)cc3)CC2)cc1. The van der Waals surface area contributed by atoms with Crippen LogP contribution in [0.5, 0.6) is 5.75 Å². The highest BCUT2D eigenvalue weighted by Gasteiger charge is 2.23. The summed E-state index contributed by atoms with van der Waals surface area (Å²) in [5, 5.41) is 0. The molecule has 1 fully saturated rings. The van der Waals surface area contributed by atoms with Crippen molar-refractivity contribution in [2.75, 3.05) is 26.8 Å². The van der Waals surface area contributed by atoms with Crippen molar-refractivity contribution < 1.29 is 14.3 Å². The number of amides is 1. The van der Waals surface area contributed by atoms with Crippen LogP contribution in [0.1, 0.15) is 47.7 Å². The topological polar surface area (TPSA) is 38.8 Å². The lowest BCUT2D eigenvalue weighted by atomic mass is 9.90. The highest BCUT2D eigenvalue weighted by molar-refractivity contribution is 5.94. The van der Waals surface area contributed by atoms with E-state index in [4.69, 9.17) is 9.47 Å². The van der Waals surface area contributed by atoms with Crippen LogP contribution in [0.15, 0.2) is 48.5 Å². The number of piperidine rings is 1. The van der Waals surface area contributed by atoms with Crippen molar-refractivity contribution in [2.24, 2.45) is 5.92 Å². The molecule has 2 aromatic rings. The number of methoxy groups -OCH3 is 1. The first kappa shape index (κ1) is 20.4. The lowest BCUT2D eigenvalue weighted by molar-refractivity contribution is 0.0687. The lowest BCUT2D eigenvalue weighted by Gasteiger charge is -2.32. The summed E-state index contributed by atoms with van der Waals surface area (Å²) in [5.74, 6) is 1.78. The Morgan fingerprint density at radius 2 is 1.64 bits per heavy atom. The Kier molecular flexibility index (Phi) is 7.49. The van der Waals surface area contributed by atoms with Crippen LogP contribution in [0.25, 0.3) is 0 Å². The summed E-state index contributed by atoms with van der Waals surface area (Å²) in [6.45, 7) is 4.99. The monoisotopic (exact) mass is 381 g/mol. The zero-order chi connectivity index (χ0) is 19.8. The molecule has 3 rings (SSSR count). The Hall–Kier alpha value is -2.33. The number of carbonyl (C=O) groups is 1. The molecule has 4 nitrogen and oxygen atoms in total. The van der Waals surface area contributed by atoms with Gasteiger partial charge in [-0.05, 0) is 73.9 Å². The van der Waals surface area contributed by atoms with E-state index in [1.54, 1.807) is 7.11 Å². The normalized spacial score (nSPS) is 14.9. The highest BCUT2D eigenvalue weighted by Crippen LogP contribution is 2.24. The second-order valence-corrected chi connectivity index (χ2v) is 7.48. The molecule has 1 saturated heterocycles. The third-order valence-corrected chi connectivity index (χ3v) is 5.49. The number of ether oxygens (including phenoxy) is 2. The molecule has 2 aromatic carbocycles. The molecule has 0 aromatic heterocycles. The molecule has 0 atom stereocenters. The molecule has 28 heavy (non-hydrogen) atoms. The minimum absolute atomic E-state index is 0.147. The average molecular weight is 382 g/mol. The molecule has 0 N–H and O–H groups in total. The van der Waals surface area contributed by atoms with Gasteiger partial charge < -0.3 is 14.4 Å². The van der Waals surface area contributed by atoms with Crippen molar-refractivity contribution in [3.63, 3.8) is 0 Å². The van der Waals surface area contributed by atoms with Crippen LogP contribution in [-0.4, -0.2) is 37.6 Å². The Balaban J connectivity index is 1.44. The molecule has 1 amide bonds. The molecule has 0 spiro atoms. The molecule has 0 saturated carbocycles. The minimum atomic E-state index is 0.147. The number of nitrogens with zero attached hydrogens (tertiary/aromatic N) is 1. The van der Waals surface area contributed by atoms with Gasteiger partial charge in [-0.3, -0.25) is 4.79 Å². The van der Waals surface area contributed by atoms with Crippen LogP contribution in [-0.2, 0) is 17.8 Å². The molecular weight excluding hydrogens is 350 g/mol. The molecule has 1 heterocycles. The van der Waals surface area contributed by atoms with Gasteiger partial charge in [0, 0.05) is 25.8 Å². The fourth-order valence-electron chi connectivity index (χ4n) is 3.81.